The lowest BCUT2D eigenvalue weighted by Crippen LogP contribution is -2.24. The van der Waals surface area contributed by atoms with Crippen molar-refractivity contribution in [3.8, 4) is 0 Å². The van der Waals surface area contributed by atoms with Gasteiger partial charge >= 0.3 is 0 Å². The molecule has 90 valence electrons. The average molecular weight is 213 g/mol. The molecular formula is C13H27NO. The van der Waals surface area contributed by atoms with E-state index in [-0.39, 0.29) is 0 Å². The van der Waals surface area contributed by atoms with E-state index in [1.807, 2.05) is 6.08 Å². The average Bonchev–Trinajstić information content (AvgIpc) is 2.20. The minimum absolute atomic E-state index is 0.587. The van der Waals surface area contributed by atoms with Crippen LogP contribution in [-0.2, 0) is 4.74 Å². The van der Waals surface area contributed by atoms with E-state index in [0.29, 0.717) is 6.04 Å². The van der Waals surface area contributed by atoms with Gasteiger partial charge in [0, 0.05) is 19.3 Å². The van der Waals surface area contributed by atoms with Gasteiger partial charge in [-0.3, -0.25) is 0 Å². The predicted molar refractivity (Wildman–Crippen MR) is 67.2 cm³/mol. The number of allylic oxidation sites excluding steroid dienone is 1. The fraction of sp³-hybridized carbons (Fsp3) is 0.846. The summed E-state index contributed by atoms with van der Waals surface area (Å²) in [6.45, 7) is 10.9. The third-order valence-electron chi connectivity index (χ3n) is 2.21. The number of rotatable bonds is 11. The van der Waals surface area contributed by atoms with Crippen LogP contribution in [0.15, 0.2) is 12.7 Å². The molecule has 15 heavy (non-hydrogen) atoms. The lowest BCUT2D eigenvalue weighted by atomic mass is 10.2. The zero-order valence-corrected chi connectivity index (χ0v) is 10.4. The molecule has 0 fully saturated rings. The summed E-state index contributed by atoms with van der Waals surface area (Å²) < 4.78 is 5.53. The number of ether oxygens (including phenoxy) is 1. The molecule has 0 aromatic heterocycles. The Hall–Kier alpha value is -0.340. The Kier molecular flexibility index (Phi) is 11.5. The summed E-state index contributed by atoms with van der Waals surface area (Å²) in [5, 5.41) is 3.37. The van der Waals surface area contributed by atoms with Crippen LogP contribution in [0.4, 0.5) is 0 Å². The molecule has 0 aliphatic heterocycles. The van der Waals surface area contributed by atoms with Crippen LogP contribution in [0, 0.1) is 0 Å². The van der Waals surface area contributed by atoms with Gasteiger partial charge in [0.15, 0.2) is 0 Å². The number of unbranched alkanes of at least 4 members (excludes halogenated alkanes) is 3. The molecule has 0 spiro atoms. The third-order valence-corrected chi connectivity index (χ3v) is 2.21. The monoisotopic (exact) mass is 213 g/mol. The van der Waals surface area contributed by atoms with Gasteiger partial charge in [-0.25, -0.2) is 0 Å². The van der Waals surface area contributed by atoms with E-state index in [1.165, 1.54) is 19.3 Å². The fourth-order valence-corrected chi connectivity index (χ4v) is 1.34. The van der Waals surface area contributed by atoms with E-state index in [4.69, 9.17) is 4.74 Å². The Morgan fingerprint density at radius 2 is 1.87 bits per heavy atom. The van der Waals surface area contributed by atoms with Gasteiger partial charge in [-0.2, -0.15) is 0 Å². The molecule has 0 bridgehead atoms. The summed E-state index contributed by atoms with van der Waals surface area (Å²) in [6, 6.07) is 0.587. The fourth-order valence-electron chi connectivity index (χ4n) is 1.34. The Morgan fingerprint density at radius 3 is 2.53 bits per heavy atom. The molecule has 1 N–H and O–H groups in total. The molecule has 0 aliphatic carbocycles. The molecule has 0 aliphatic rings. The zero-order chi connectivity index (χ0) is 11.4. The molecule has 2 heteroatoms. The van der Waals surface area contributed by atoms with Crippen molar-refractivity contribution in [2.75, 3.05) is 19.8 Å². The highest BCUT2D eigenvalue weighted by atomic mass is 16.5. The van der Waals surface area contributed by atoms with Crippen LogP contribution in [0.2, 0.25) is 0 Å². The Bertz CT molecular complexity index is 134. The van der Waals surface area contributed by atoms with Crippen molar-refractivity contribution < 1.29 is 4.74 Å². The number of hydrogen-bond acceptors (Lipinski definition) is 2. The minimum atomic E-state index is 0.587. The van der Waals surface area contributed by atoms with Crippen LogP contribution in [0.3, 0.4) is 0 Å². The van der Waals surface area contributed by atoms with Crippen molar-refractivity contribution >= 4 is 0 Å². The highest BCUT2D eigenvalue weighted by Gasteiger charge is 1.92. The predicted octanol–water partition coefficient (Wildman–Crippen LogP) is 3.14. The SMILES string of the molecule is C=CCCCCCOCCCNC(C)C. The lowest BCUT2D eigenvalue weighted by Gasteiger charge is -2.08. The molecular weight excluding hydrogens is 186 g/mol. The quantitative estimate of drug-likeness (QED) is 0.420. The normalized spacial score (nSPS) is 10.9. The molecule has 0 rings (SSSR count). The topological polar surface area (TPSA) is 21.3 Å². The van der Waals surface area contributed by atoms with E-state index >= 15 is 0 Å². The maximum absolute atomic E-state index is 5.53. The molecule has 0 radical (unpaired) electrons. The molecule has 0 unspecified atom stereocenters. The first kappa shape index (κ1) is 14.7. The van der Waals surface area contributed by atoms with Crippen LogP contribution in [0.5, 0.6) is 0 Å². The van der Waals surface area contributed by atoms with Crippen molar-refractivity contribution in [2.45, 2.75) is 52.0 Å². The summed E-state index contributed by atoms with van der Waals surface area (Å²) in [4.78, 5) is 0. The van der Waals surface area contributed by atoms with Gasteiger partial charge in [0.2, 0.25) is 0 Å². The summed E-state index contributed by atoms with van der Waals surface area (Å²) in [7, 11) is 0. The second-order valence-electron chi connectivity index (χ2n) is 4.21. The van der Waals surface area contributed by atoms with Crippen molar-refractivity contribution in [3.63, 3.8) is 0 Å². The molecule has 0 heterocycles. The lowest BCUT2D eigenvalue weighted by molar-refractivity contribution is 0.127. The zero-order valence-electron chi connectivity index (χ0n) is 10.4. The summed E-state index contributed by atoms with van der Waals surface area (Å²) >= 11 is 0. The number of hydrogen-bond donors (Lipinski definition) is 1. The van der Waals surface area contributed by atoms with Crippen molar-refractivity contribution in [2.24, 2.45) is 0 Å². The first-order valence-corrected chi connectivity index (χ1v) is 6.19. The highest BCUT2D eigenvalue weighted by molar-refractivity contribution is 4.65. The van der Waals surface area contributed by atoms with Crippen LogP contribution < -0.4 is 5.32 Å². The van der Waals surface area contributed by atoms with E-state index in [1.54, 1.807) is 0 Å². The van der Waals surface area contributed by atoms with Crippen molar-refractivity contribution in [1.29, 1.82) is 0 Å². The number of nitrogens with one attached hydrogen (secondary N) is 1. The summed E-state index contributed by atoms with van der Waals surface area (Å²) in [5.41, 5.74) is 0. The molecule has 2 nitrogen and oxygen atoms in total. The van der Waals surface area contributed by atoms with Crippen molar-refractivity contribution in [3.05, 3.63) is 12.7 Å². The first-order chi connectivity index (χ1) is 7.27. The molecule has 0 aromatic rings. The largest absolute Gasteiger partial charge is 0.381 e. The van der Waals surface area contributed by atoms with E-state index in [9.17, 15) is 0 Å². The highest BCUT2D eigenvalue weighted by Crippen LogP contribution is 2.00. The molecule has 0 aromatic carbocycles. The smallest absolute Gasteiger partial charge is 0.0478 e. The Labute approximate surface area is 95.1 Å². The van der Waals surface area contributed by atoms with E-state index in [2.05, 4.69) is 25.7 Å². The van der Waals surface area contributed by atoms with Crippen LogP contribution in [0.1, 0.15) is 46.0 Å². The molecule has 0 amide bonds. The van der Waals surface area contributed by atoms with Crippen LogP contribution in [0.25, 0.3) is 0 Å². The Morgan fingerprint density at radius 1 is 1.13 bits per heavy atom. The van der Waals surface area contributed by atoms with Gasteiger partial charge in [-0.05, 0) is 32.2 Å². The second kappa shape index (κ2) is 11.7. The Balaban J connectivity index is 2.89. The molecule has 0 saturated heterocycles. The van der Waals surface area contributed by atoms with Crippen LogP contribution in [-0.4, -0.2) is 25.8 Å². The van der Waals surface area contributed by atoms with Gasteiger partial charge in [-0.1, -0.05) is 26.3 Å². The minimum Gasteiger partial charge on any atom is -0.381 e. The standard InChI is InChI=1S/C13H27NO/c1-4-5-6-7-8-11-15-12-9-10-14-13(2)3/h4,13-14H,1,5-12H2,2-3H3. The maximum atomic E-state index is 5.53. The van der Waals surface area contributed by atoms with E-state index < -0.39 is 0 Å². The van der Waals surface area contributed by atoms with Gasteiger partial charge in [0.05, 0.1) is 0 Å². The molecule has 0 saturated carbocycles. The summed E-state index contributed by atoms with van der Waals surface area (Å²) in [5.74, 6) is 0. The first-order valence-electron chi connectivity index (χ1n) is 6.19. The summed E-state index contributed by atoms with van der Waals surface area (Å²) in [6.07, 6.45) is 7.94. The van der Waals surface area contributed by atoms with Gasteiger partial charge < -0.3 is 10.1 Å². The molecule has 0 atom stereocenters. The maximum Gasteiger partial charge on any atom is 0.0478 e. The van der Waals surface area contributed by atoms with Gasteiger partial charge in [-0.15, -0.1) is 6.58 Å². The van der Waals surface area contributed by atoms with Crippen molar-refractivity contribution in [1.82, 2.24) is 5.32 Å². The van der Waals surface area contributed by atoms with Gasteiger partial charge in [0.25, 0.3) is 0 Å². The van der Waals surface area contributed by atoms with Crippen LogP contribution >= 0.6 is 0 Å². The third kappa shape index (κ3) is 13.7. The van der Waals surface area contributed by atoms with Gasteiger partial charge in [0.1, 0.15) is 0 Å². The van der Waals surface area contributed by atoms with E-state index in [0.717, 1.165) is 32.6 Å². The second-order valence-corrected chi connectivity index (χ2v) is 4.21.